The Morgan fingerprint density at radius 3 is 2.40 bits per heavy atom. The summed E-state index contributed by atoms with van der Waals surface area (Å²) < 4.78 is 5.92. The molecule has 0 bridgehead atoms. The summed E-state index contributed by atoms with van der Waals surface area (Å²) in [6.07, 6.45) is 3.17. The third-order valence-electron chi connectivity index (χ3n) is 2.13. The van der Waals surface area contributed by atoms with Crippen molar-refractivity contribution in [3.8, 4) is 0 Å². The number of nitrogens with zero attached hydrogens (tertiary/aromatic N) is 3. The molecule has 0 fully saturated rings. The number of azide groups is 1. The third-order valence-corrected chi connectivity index (χ3v) is 3.21. The summed E-state index contributed by atoms with van der Waals surface area (Å²) in [5.74, 6) is 0. The molecule has 0 radical (unpaired) electrons. The summed E-state index contributed by atoms with van der Waals surface area (Å²) in [6, 6.07) is -0.0123. The van der Waals surface area contributed by atoms with Crippen molar-refractivity contribution in [1.29, 1.82) is 0 Å². The summed E-state index contributed by atoms with van der Waals surface area (Å²) in [4.78, 5) is 2.90. The molecule has 0 aliphatic carbocycles. The Balaban J connectivity index is 4.28. The second-order valence-electron chi connectivity index (χ2n) is 4.85. The number of unbranched alkanes of at least 4 members (excludes halogenated alkanes) is 1. The van der Waals surface area contributed by atoms with E-state index in [1.54, 1.807) is 0 Å². The Hall–Kier alpha value is -0.513. The summed E-state index contributed by atoms with van der Waals surface area (Å²) in [5, 5.41) is 3.82. The predicted octanol–water partition coefficient (Wildman–Crippen LogP) is 4.10. The minimum absolute atomic E-state index is 0.0123. The Labute approximate surface area is 93.8 Å². The largest absolute Gasteiger partial charge is 0.415 e. The van der Waals surface area contributed by atoms with E-state index in [9.17, 15) is 0 Å². The van der Waals surface area contributed by atoms with Crippen molar-refractivity contribution in [1.82, 2.24) is 0 Å². The highest BCUT2D eigenvalue weighted by molar-refractivity contribution is 6.69. The van der Waals surface area contributed by atoms with Gasteiger partial charge in [0.1, 0.15) is 0 Å². The van der Waals surface area contributed by atoms with Gasteiger partial charge in [0.2, 0.25) is 0 Å². The van der Waals surface area contributed by atoms with Gasteiger partial charge in [-0.2, -0.15) is 0 Å². The van der Waals surface area contributed by atoms with Crippen LogP contribution < -0.4 is 0 Å². The van der Waals surface area contributed by atoms with Gasteiger partial charge < -0.3 is 4.43 Å². The fraction of sp³-hybridized carbons (Fsp3) is 1.00. The van der Waals surface area contributed by atoms with Crippen molar-refractivity contribution in [2.75, 3.05) is 0 Å². The average molecular weight is 229 g/mol. The van der Waals surface area contributed by atoms with Gasteiger partial charge in [0, 0.05) is 4.91 Å². The highest BCUT2D eigenvalue weighted by atomic mass is 28.4. The standard InChI is InChI=1S/C10H23N3OSi/c1-6-7-8-10(12-13-11)9(2)14-15(3,4)5/h9-10H,6-8H2,1-5H3/t9-,10-/m1/s1. The maximum Gasteiger partial charge on any atom is 0.184 e. The van der Waals surface area contributed by atoms with Crippen LogP contribution in [-0.4, -0.2) is 20.5 Å². The summed E-state index contributed by atoms with van der Waals surface area (Å²) in [6.45, 7) is 10.6. The zero-order valence-corrected chi connectivity index (χ0v) is 11.5. The van der Waals surface area contributed by atoms with Crippen molar-refractivity contribution in [2.24, 2.45) is 5.11 Å². The molecule has 0 saturated carbocycles. The van der Waals surface area contributed by atoms with Crippen LogP contribution in [-0.2, 0) is 4.43 Å². The van der Waals surface area contributed by atoms with E-state index < -0.39 is 8.32 Å². The molecule has 4 nitrogen and oxygen atoms in total. The molecule has 0 N–H and O–H groups in total. The molecule has 0 aromatic rings. The van der Waals surface area contributed by atoms with Crippen LogP contribution in [0, 0.1) is 0 Å². The molecule has 88 valence electrons. The molecule has 5 heteroatoms. The van der Waals surface area contributed by atoms with Gasteiger partial charge in [0.25, 0.3) is 0 Å². The van der Waals surface area contributed by atoms with E-state index >= 15 is 0 Å². The fourth-order valence-corrected chi connectivity index (χ4v) is 2.77. The lowest BCUT2D eigenvalue weighted by atomic mass is 10.1. The Morgan fingerprint density at radius 2 is 2.00 bits per heavy atom. The summed E-state index contributed by atoms with van der Waals surface area (Å²) in [7, 11) is -1.53. The highest BCUT2D eigenvalue weighted by Gasteiger charge is 2.23. The predicted molar refractivity (Wildman–Crippen MR) is 66.4 cm³/mol. The van der Waals surface area contributed by atoms with Crippen LogP contribution in [0.5, 0.6) is 0 Å². The topological polar surface area (TPSA) is 58.0 Å². The fourth-order valence-electron chi connectivity index (χ4n) is 1.50. The summed E-state index contributed by atoms with van der Waals surface area (Å²) >= 11 is 0. The van der Waals surface area contributed by atoms with E-state index in [2.05, 4.69) is 36.6 Å². The number of hydrogen-bond acceptors (Lipinski definition) is 2. The monoisotopic (exact) mass is 229 g/mol. The van der Waals surface area contributed by atoms with Crippen LogP contribution in [0.1, 0.15) is 33.1 Å². The number of rotatable bonds is 7. The van der Waals surface area contributed by atoms with Gasteiger partial charge in [0.05, 0.1) is 12.1 Å². The van der Waals surface area contributed by atoms with Gasteiger partial charge in [-0.25, -0.2) is 0 Å². The molecular formula is C10H23N3OSi. The molecule has 0 saturated heterocycles. The minimum Gasteiger partial charge on any atom is -0.415 e. The molecule has 2 atom stereocenters. The third kappa shape index (κ3) is 7.42. The Kier molecular flexibility index (Phi) is 6.64. The molecule has 0 aliphatic heterocycles. The highest BCUT2D eigenvalue weighted by Crippen LogP contribution is 2.16. The first-order valence-corrected chi connectivity index (χ1v) is 9.03. The van der Waals surface area contributed by atoms with Crippen molar-refractivity contribution in [2.45, 2.75) is 64.9 Å². The molecule has 0 rings (SSSR count). The minimum atomic E-state index is -1.53. The lowest BCUT2D eigenvalue weighted by Gasteiger charge is -2.27. The molecular weight excluding hydrogens is 206 g/mol. The van der Waals surface area contributed by atoms with Crippen molar-refractivity contribution < 1.29 is 4.43 Å². The first-order valence-electron chi connectivity index (χ1n) is 5.62. The van der Waals surface area contributed by atoms with E-state index in [0.717, 1.165) is 19.3 Å². The lowest BCUT2D eigenvalue weighted by Crippen LogP contribution is -2.36. The van der Waals surface area contributed by atoms with Gasteiger partial charge in [-0.1, -0.05) is 24.9 Å². The Bertz CT molecular complexity index is 221. The smallest absolute Gasteiger partial charge is 0.184 e. The lowest BCUT2D eigenvalue weighted by molar-refractivity contribution is 0.176. The van der Waals surface area contributed by atoms with Crippen LogP contribution in [0.15, 0.2) is 5.11 Å². The maximum absolute atomic E-state index is 8.50. The van der Waals surface area contributed by atoms with Crippen LogP contribution >= 0.6 is 0 Å². The molecule has 0 heterocycles. The van der Waals surface area contributed by atoms with E-state index in [1.807, 2.05) is 6.92 Å². The zero-order valence-electron chi connectivity index (χ0n) is 10.5. The van der Waals surface area contributed by atoms with E-state index in [-0.39, 0.29) is 12.1 Å². The van der Waals surface area contributed by atoms with Crippen molar-refractivity contribution in [3.63, 3.8) is 0 Å². The molecule has 0 aromatic heterocycles. The second kappa shape index (κ2) is 6.88. The van der Waals surface area contributed by atoms with Crippen molar-refractivity contribution in [3.05, 3.63) is 10.4 Å². The van der Waals surface area contributed by atoms with E-state index in [4.69, 9.17) is 9.96 Å². The van der Waals surface area contributed by atoms with Crippen molar-refractivity contribution >= 4 is 8.32 Å². The first-order chi connectivity index (χ1) is 6.90. The second-order valence-corrected chi connectivity index (χ2v) is 9.31. The first kappa shape index (κ1) is 14.5. The molecule has 0 aliphatic rings. The SMILES string of the molecule is CCCC[C@@H](N=[N+]=[N-])[C@@H](C)O[Si](C)(C)C. The molecule has 0 aromatic carbocycles. The molecule has 0 spiro atoms. The van der Waals surface area contributed by atoms with Gasteiger partial charge >= 0.3 is 0 Å². The molecule has 0 amide bonds. The van der Waals surface area contributed by atoms with Crippen LogP contribution in [0.25, 0.3) is 10.4 Å². The van der Waals surface area contributed by atoms with Gasteiger partial charge in [-0.3, -0.25) is 0 Å². The van der Waals surface area contributed by atoms with Gasteiger partial charge in [-0.15, -0.1) is 0 Å². The van der Waals surface area contributed by atoms with Gasteiger partial charge in [0.15, 0.2) is 8.32 Å². The normalized spacial score (nSPS) is 15.5. The zero-order chi connectivity index (χ0) is 11.9. The maximum atomic E-state index is 8.50. The summed E-state index contributed by atoms with van der Waals surface area (Å²) in [5.41, 5.74) is 8.50. The number of hydrogen-bond donors (Lipinski definition) is 0. The van der Waals surface area contributed by atoms with E-state index in [0.29, 0.717) is 0 Å². The Morgan fingerprint density at radius 1 is 1.40 bits per heavy atom. The van der Waals surface area contributed by atoms with Crippen LogP contribution in [0.3, 0.4) is 0 Å². The molecule has 15 heavy (non-hydrogen) atoms. The molecule has 0 unspecified atom stereocenters. The quantitative estimate of drug-likeness (QED) is 0.281. The van der Waals surface area contributed by atoms with E-state index in [1.165, 1.54) is 0 Å². The van der Waals surface area contributed by atoms with Crippen LogP contribution in [0.4, 0.5) is 0 Å². The van der Waals surface area contributed by atoms with Crippen LogP contribution in [0.2, 0.25) is 19.6 Å². The average Bonchev–Trinajstić information content (AvgIpc) is 2.09. The van der Waals surface area contributed by atoms with Gasteiger partial charge in [-0.05, 0) is 38.5 Å².